The molecule has 0 saturated carbocycles. The van der Waals surface area contributed by atoms with E-state index in [1.54, 1.807) is 26.5 Å². The summed E-state index contributed by atoms with van der Waals surface area (Å²) in [6.07, 6.45) is 3.28. The molecule has 3 aromatic rings. The predicted octanol–water partition coefficient (Wildman–Crippen LogP) is 4.22. The van der Waals surface area contributed by atoms with Gasteiger partial charge in [0.15, 0.2) is 11.5 Å². The summed E-state index contributed by atoms with van der Waals surface area (Å²) in [6.45, 7) is 3.29. The molecule has 0 bridgehead atoms. The van der Waals surface area contributed by atoms with Gasteiger partial charge in [0, 0.05) is 18.3 Å². The van der Waals surface area contributed by atoms with E-state index in [9.17, 15) is 4.79 Å². The number of nitrogens with zero attached hydrogens (tertiary/aromatic N) is 1. The van der Waals surface area contributed by atoms with Crippen LogP contribution in [0.3, 0.4) is 0 Å². The van der Waals surface area contributed by atoms with Crippen LogP contribution in [0.5, 0.6) is 11.5 Å². The zero-order valence-corrected chi connectivity index (χ0v) is 18.2. The van der Waals surface area contributed by atoms with Crippen molar-refractivity contribution in [2.75, 3.05) is 25.7 Å². The normalized spacial score (nSPS) is 14.9. The summed E-state index contributed by atoms with van der Waals surface area (Å²) in [4.78, 5) is 15.1. The molecule has 0 spiro atoms. The molecule has 1 amide bonds. The van der Waals surface area contributed by atoms with Crippen LogP contribution in [0.2, 0.25) is 0 Å². The molecule has 1 unspecified atom stereocenters. The van der Waals surface area contributed by atoms with Crippen LogP contribution in [0.25, 0.3) is 0 Å². The summed E-state index contributed by atoms with van der Waals surface area (Å²) in [5.41, 5.74) is 4.20. The second-order valence-electron chi connectivity index (χ2n) is 7.76. The molecule has 1 atom stereocenters. The van der Waals surface area contributed by atoms with Crippen molar-refractivity contribution in [3.05, 3.63) is 77.2 Å². The number of carbonyl (C=O) groups excluding carboxylic acids is 1. The van der Waals surface area contributed by atoms with Crippen molar-refractivity contribution in [1.29, 1.82) is 0 Å². The minimum atomic E-state index is -0.121. The van der Waals surface area contributed by atoms with E-state index in [4.69, 9.17) is 13.9 Å². The van der Waals surface area contributed by atoms with Gasteiger partial charge in [0.2, 0.25) is 0 Å². The third-order valence-corrected chi connectivity index (χ3v) is 5.80. The average Bonchev–Trinajstić information content (AvgIpc) is 3.38. The number of methoxy groups -OCH3 is 2. The number of carbonyl (C=O) groups is 1. The maximum absolute atomic E-state index is 12.8. The first-order valence-corrected chi connectivity index (χ1v) is 10.5. The van der Waals surface area contributed by atoms with E-state index in [-0.39, 0.29) is 5.91 Å². The van der Waals surface area contributed by atoms with Crippen molar-refractivity contribution in [3.8, 4) is 11.5 Å². The van der Waals surface area contributed by atoms with Gasteiger partial charge in [0.25, 0.3) is 5.91 Å². The van der Waals surface area contributed by atoms with E-state index < -0.39 is 0 Å². The van der Waals surface area contributed by atoms with E-state index in [1.807, 2.05) is 24.3 Å². The van der Waals surface area contributed by atoms with Crippen molar-refractivity contribution < 1.29 is 18.7 Å². The van der Waals surface area contributed by atoms with Crippen LogP contribution in [0.1, 0.15) is 34.2 Å². The predicted molar refractivity (Wildman–Crippen MR) is 120 cm³/mol. The molecule has 1 aliphatic heterocycles. The number of hydrogen-bond donors (Lipinski definition) is 1. The monoisotopic (exact) mass is 420 g/mol. The number of ether oxygens (including phenoxy) is 2. The first-order valence-electron chi connectivity index (χ1n) is 10.5. The maximum atomic E-state index is 12.8. The molecular weight excluding hydrogens is 392 g/mol. The Bertz CT molecular complexity index is 1060. The molecule has 6 nitrogen and oxygen atoms in total. The number of nitrogens with one attached hydrogen (secondary N) is 1. The fourth-order valence-corrected chi connectivity index (χ4v) is 4.14. The van der Waals surface area contributed by atoms with Crippen molar-refractivity contribution in [2.24, 2.45) is 0 Å². The van der Waals surface area contributed by atoms with Crippen molar-refractivity contribution in [3.63, 3.8) is 0 Å². The van der Waals surface area contributed by atoms with Crippen molar-refractivity contribution in [1.82, 2.24) is 5.32 Å². The molecule has 1 N–H and O–H groups in total. The molecule has 4 rings (SSSR count). The zero-order chi connectivity index (χ0) is 21.8. The Morgan fingerprint density at radius 3 is 2.74 bits per heavy atom. The van der Waals surface area contributed by atoms with Gasteiger partial charge in [-0.1, -0.05) is 24.3 Å². The Kier molecular flexibility index (Phi) is 6.16. The average molecular weight is 421 g/mol. The highest BCUT2D eigenvalue weighted by molar-refractivity contribution is 5.95. The van der Waals surface area contributed by atoms with Crippen LogP contribution < -0.4 is 19.7 Å². The Morgan fingerprint density at radius 2 is 1.94 bits per heavy atom. The molecule has 1 aliphatic rings. The van der Waals surface area contributed by atoms with E-state index in [0.29, 0.717) is 48.4 Å². The number of hydrogen-bond acceptors (Lipinski definition) is 5. The lowest BCUT2D eigenvalue weighted by molar-refractivity contribution is 0.0952. The molecule has 0 radical (unpaired) electrons. The van der Waals surface area contributed by atoms with Gasteiger partial charge in [-0.15, -0.1) is 0 Å². The lowest BCUT2D eigenvalue weighted by Gasteiger charge is -2.24. The van der Waals surface area contributed by atoms with Gasteiger partial charge in [-0.3, -0.25) is 4.79 Å². The van der Waals surface area contributed by atoms with Gasteiger partial charge < -0.3 is 24.1 Å². The van der Waals surface area contributed by atoms with Gasteiger partial charge in [0.1, 0.15) is 5.76 Å². The van der Waals surface area contributed by atoms with Crippen LogP contribution in [-0.2, 0) is 19.4 Å². The fourth-order valence-electron chi connectivity index (χ4n) is 4.14. The molecule has 0 aliphatic carbocycles. The molecule has 2 aromatic carbocycles. The Labute approximate surface area is 182 Å². The van der Waals surface area contributed by atoms with E-state index in [2.05, 4.69) is 35.3 Å². The van der Waals surface area contributed by atoms with Gasteiger partial charge >= 0.3 is 0 Å². The highest BCUT2D eigenvalue weighted by Gasteiger charge is 2.27. The Hall–Kier alpha value is -3.41. The molecule has 0 fully saturated rings. The number of fused-ring (bicyclic) bond motifs is 1. The summed E-state index contributed by atoms with van der Waals surface area (Å²) in [6, 6.07) is 16.3. The lowest BCUT2D eigenvalue weighted by Crippen LogP contribution is -2.31. The van der Waals surface area contributed by atoms with Gasteiger partial charge in [-0.05, 0) is 55.2 Å². The molecule has 0 saturated heterocycles. The van der Waals surface area contributed by atoms with Gasteiger partial charge in [0.05, 0.1) is 32.6 Å². The smallest absolute Gasteiger partial charge is 0.254 e. The van der Waals surface area contributed by atoms with Gasteiger partial charge in [-0.2, -0.15) is 0 Å². The molecular formula is C25H28N2O4. The highest BCUT2D eigenvalue weighted by atomic mass is 16.5. The minimum Gasteiger partial charge on any atom is -0.493 e. The first kappa shape index (κ1) is 20.8. The standard InChI is InChI=1S/C25H28N2O4/c1-17-14-19-6-4-5-7-21(19)27(17)16-24-20(11-13-31-24)25(28)26-12-10-18-8-9-22(29-2)23(15-18)30-3/h4-9,11,13,15,17H,10,12,14,16H2,1-3H3,(H,26,28). The minimum absolute atomic E-state index is 0.121. The van der Waals surface area contributed by atoms with Crippen molar-refractivity contribution in [2.45, 2.75) is 32.4 Å². The number of para-hydroxylation sites is 1. The van der Waals surface area contributed by atoms with Crippen LogP contribution >= 0.6 is 0 Å². The molecule has 2 heterocycles. The second kappa shape index (κ2) is 9.16. The maximum Gasteiger partial charge on any atom is 0.254 e. The number of benzene rings is 2. The third kappa shape index (κ3) is 4.38. The van der Waals surface area contributed by atoms with Crippen LogP contribution in [0.15, 0.2) is 59.2 Å². The summed E-state index contributed by atoms with van der Waals surface area (Å²) in [5, 5.41) is 3.01. The van der Waals surface area contributed by atoms with E-state index in [1.165, 1.54) is 11.3 Å². The van der Waals surface area contributed by atoms with Crippen molar-refractivity contribution >= 4 is 11.6 Å². The summed E-state index contributed by atoms with van der Waals surface area (Å²) in [5.74, 6) is 1.94. The quantitative estimate of drug-likeness (QED) is 0.591. The highest BCUT2D eigenvalue weighted by Crippen LogP contribution is 2.33. The largest absolute Gasteiger partial charge is 0.493 e. The first-order chi connectivity index (χ1) is 15.1. The summed E-state index contributed by atoms with van der Waals surface area (Å²) in [7, 11) is 3.23. The third-order valence-electron chi connectivity index (χ3n) is 5.80. The van der Waals surface area contributed by atoms with Gasteiger partial charge in [-0.25, -0.2) is 0 Å². The SMILES string of the molecule is COc1ccc(CCNC(=O)c2ccoc2CN2c3ccccc3CC2C)cc1OC. The molecule has 6 heteroatoms. The lowest BCUT2D eigenvalue weighted by atomic mass is 10.1. The number of rotatable bonds is 8. The number of amides is 1. The second-order valence-corrected chi connectivity index (χ2v) is 7.76. The van der Waals surface area contributed by atoms with Crippen LogP contribution in [-0.4, -0.2) is 32.7 Å². The van der Waals surface area contributed by atoms with E-state index in [0.717, 1.165) is 12.0 Å². The molecule has 1 aromatic heterocycles. The topological polar surface area (TPSA) is 63.9 Å². The Balaban J connectivity index is 1.38. The van der Waals surface area contributed by atoms with Crippen LogP contribution in [0.4, 0.5) is 5.69 Å². The molecule has 162 valence electrons. The number of anilines is 1. The number of furan rings is 1. The fraction of sp³-hybridized carbons (Fsp3) is 0.320. The Morgan fingerprint density at radius 1 is 1.13 bits per heavy atom. The van der Waals surface area contributed by atoms with Crippen LogP contribution in [0, 0.1) is 0 Å². The summed E-state index contributed by atoms with van der Waals surface area (Å²) >= 11 is 0. The summed E-state index contributed by atoms with van der Waals surface area (Å²) < 4.78 is 16.3. The molecule has 31 heavy (non-hydrogen) atoms. The zero-order valence-electron chi connectivity index (χ0n) is 18.2. The van der Waals surface area contributed by atoms with E-state index >= 15 is 0 Å².